The molecule has 0 spiro atoms. The SMILES string of the molecule is Cc1cc(Sc2nc3c(cc2C#N)CCCC3)n(C)n1. The summed E-state index contributed by atoms with van der Waals surface area (Å²) in [6.45, 7) is 1.97. The number of hydrogen-bond donors (Lipinski definition) is 0. The minimum absolute atomic E-state index is 0.675. The van der Waals surface area contributed by atoms with Crippen molar-refractivity contribution in [2.24, 2.45) is 7.05 Å². The first-order valence-electron chi connectivity index (χ1n) is 6.79. The molecule has 5 heteroatoms. The Morgan fingerprint density at radius 2 is 2.10 bits per heavy atom. The maximum absolute atomic E-state index is 9.35. The number of rotatable bonds is 2. The standard InChI is InChI=1S/C15H16N4S/c1-10-7-14(19(2)18-10)20-15-12(9-16)8-11-5-3-4-6-13(11)17-15/h7-8H,3-6H2,1-2H3. The highest BCUT2D eigenvalue weighted by molar-refractivity contribution is 7.99. The van der Waals surface area contributed by atoms with E-state index in [4.69, 9.17) is 4.98 Å². The number of hydrogen-bond acceptors (Lipinski definition) is 4. The largest absolute Gasteiger partial charge is 0.261 e. The van der Waals surface area contributed by atoms with Crippen molar-refractivity contribution in [3.05, 3.63) is 34.6 Å². The molecule has 0 fully saturated rings. The molecule has 0 saturated heterocycles. The quantitative estimate of drug-likeness (QED) is 0.850. The van der Waals surface area contributed by atoms with E-state index in [9.17, 15) is 5.26 Å². The van der Waals surface area contributed by atoms with E-state index >= 15 is 0 Å². The minimum Gasteiger partial charge on any atom is -0.261 e. The van der Waals surface area contributed by atoms with Gasteiger partial charge in [-0.3, -0.25) is 4.68 Å². The van der Waals surface area contributed by atoms with Crippen LogP contribution in [0.3, 0.4) is 0 Å². The third-order valence-corrected chi connectivity index (χ3v) is 4.64. The van der Waals surface area contributed by atoms with Gasteiger partial charge in [-0.15, -0.1) is 0 Å². The molecule has 0 atom stereocenters. The van der Waals surface area contributed by atoms with Gasteiger partial charge in [-0.25, -0.2) is 4.98 Å². The fraction of sp³-hybridized carbons (Fsp3) is 0.400. The molecule has 0 bridgehead atoms. The molecule has 0 aliphatic heterocycles. The molecule has 4 nitrogen and oxygen atoms in total. The van der Waals surface area contributed by atoms with Gasteiger partial charge >= 0.3 is 0 Å². The number of nitrogens with zero attached hydrogens (tertiary/aromatic N) is 4. The van der Waals surface area contributed by atoms with Gasteiger partial charge in [0.25, 0.3) is 0 Å². The van der Waals surface area contributed by atoms with Crippen LogP contribution in [0.15, 0.2) is 22.2 Å². The second kappa shape index (κ2) is 5.29. The van der Waals surface area contributed by atoms with Crippen molar-refractivity contribution in [3.8, 4) is 6.07 Å². The lowest BCUT2D eigenvalue weighted by Crippen LogP contribution is -2.07. The van der Waals surface area contributed by atoms with Gasteiger partial charge in [-0.1, -0.05) is 0 Å². The molecule has 2 heterocycles. The second-order valence-electron chi connectivity index (χ2n) is 5.12. The van der Waals surface area contributed by atoms with Crippen molar-refractivity contribution >= 4 is 11.8 Å². The molecule has 2 aromatic heterocycles. The zero-order valence-corrected chi connectivity index (χ0v) is 12.5. The molecule has 0 aromatic carbocycles. The van der Waals surface area contributed by atoms with Crippen molar-refractivity contribution in [3.63, 3.8) is 0 Å². The van der Waals surface area contributed by atoms with Gasteiger partial charge in [0.15, 0.2) is 0 Å². The summed E-state index contributed by atoms with van der Waals surface area (Å²) < 4.78 is 1.84. The summed E-state index contributed by atoms with van der Waals surface area (Å²) in [4.78, 5) is 4.73. The van der Waals surface area contributed by atoms with Crippen molar-refractivity contribution in [1.29, 1.82) is 5.26 Å². The monoisotopic (exact) mass is 284 g/mol. The van der Waals surface area contributed by atoms with E-state index in [2.05, 4.69) is 11.2 Å². The summed E-state index contributed by atoms with van der Waals surface area (Å²) in [6.07, 6.45) is 4.47. The molecule has 1 aliphatic rings. The van der Waals surface area contributed by atoms with E-state index in [1.54, 1.807) is 0 Å². The smallest absolute Gasteiger partial charge is 0.120 e. The maximum Gasteiger partial charge on any atom is 0.120 e. The van der Waals surface area contributed by atoms with Crippen LogP contribution in [-0.4, -0.2) is 14.8 Å². The Labute approximate surface area is 122 Å². The Morgan fingerprint density at radius 1 is 1.30 bits per heavy atom. The highest BCUT2D eigenvalue weighted by Crippen LogP contribution is 2.32. The van der Waals surface area contributed by atoms with Crippen LogP contribution < -0.4 is 0 Å². The van der Waals surface area contributed by atoms with Crippen molar-refractivity contribution in [2.45, 2.75) is 42.7 Å². The first-order valence-corrected chi connectivity index (χ1v) is 7.60. The van der Waals surface area contributed by atoms with Gasteiger partial charge < -0.3 is 0 Å². The van der Waals surface area contributed by atoms with Crippen LogP contribution in [-0.2, 0) is 19.9 Å². The van der Waals surface area contributed by atoms with E-state index in [0.717, 1.165) is 34.3 Å². The number of nitriles is 1. The molecule has 0 unspecified atom stereocenters. The molecule has 0 amide bonds. The van der Waals surface area contributed by atoms with Crippen LogP contribution in [0.1, 0.15) is 35.4 Å². The van der Waals surface area contributed by atoms with Crippen LogP contribution in [0.4, 0.5) is 0 Å². The topological polar surface area (TPSA) is 54.5 Å². The van der Waals surface area contributed by atoms with Crippen molar-refractivity contribution < 1.29 is 0 Å². The highest BCUT2D eigenvalue weighted by atomic mass is 32.2. The van der Waals surface area contributed by atoms with Crippen molar-refractivity contribution in [2.75, 3.05) is 0 Å². The molecule has 102 valence electrons. The minimum atomic E-state index is 0.675. The van der Waals surface area contributed by atoms with Gasteiger partial charge in [0.2, 0.25) is 0 Å². The average molecular weight is 284 g/mol. The lowest BCUT2D eigenvalue weighted by molar-refractivity contribution is 0.659. The average Bonchev–Trinajstić information content (AvgIpc) is 2.76. The fourth-order valence-corrected chi connectivity index (χ4v) is 3.52. The third kappa shape index (κ3) is 2.44. The first kappa shape index (κ1) is 13.2. The molecule has 2 aromatic rings. The molecular formula is C15H16N4S. The Bertz CT molecular complexity index is 697. The maximum atomic E-state index is 9.35. The molecule has 3 rings (SSSR count). The summed E-state index contributed by atoms with van der Waals surface area (Å²) in [5.41, 5.74) is 4.07. The van der Waals surface area contributed by atoms with Gasteiger partial charge in [0.1, 0.15) is 16.1 Å². The molecule has 0 radical (unpaired) electrons. The summed E-state index contributed by atoms with van der Waals surface area (Å²) in [6, 6.07) is 6.32. The zero-order chi connectivity index (χ0) is 14.1. The van der Waals surface area contributed by atoms with Crippen LogP contribution in [0.5, 0.6) is 0 Å². The van der Waals surface area contributed by atoms with Gasteiger partial charge in [-0.05, 0) is 62.1 Å². The Kier molecular flexibility index (Phi) is 3.49. The summed E-state index contributed by atoms with van der Waals surface area (Å²) in [5, 5.41) is 15.5. The van der Waals surface area contributed by atoms with Crippen LogP contribution >= 0.6 is 11.8 Å². The molecule has 0 saturated carbocycles. The predicted molar refractivity (Wildman–Crippen MR) is 77.7 cm³/mol. The summed E-state index contributed by atoms with van der Waals surface area (Å²) in [7, 11) is 1.92. The Hall–Kier alpha value is -1.80. The molecule has 20 heavy (non-hydrogen) atoms. The number of pyridine rings is 1. The molecular weight excluding hydrogens is 268 g/mol. The normalized spacial score (nSPS) is 13.8. The van der Waals surface area contributed by atoms with Gasteiger partial charge in [0, 0.05) is 12.7 Å². The number of aryl methyl sites for hydroxylation is 4. The zero-order valence-electron chi connectivity index (χ0n) is 11.7. The highest BCUT2D eigenvalue weighted by Gasteiger charge is 2.17. The summed E-state index contributed by atoms with van der Waals surface area (Å²) >= 11 is 1.53. The fourth-order valence-electron chi connectivity index (χ4n) is 2.55. The Balaban J connectivity index is 2.00. The first-order chi connectivity index (χ1) is 9.67. The molecule has 0 N–H and O–H groups in total. The Morgan fingerprint density at radius 3 is 2.80 bits per heavy atom. The van der Waals surface area contributed by atoms with Crippen LogP contribution in [0, 0.1) is 18.3 Å². The van der Waals surface area contributed by atoms with Crippen LogP contribution in [0.25, 0.3) is 0 Å². The second-order valence-corrected chi connectivity index (χ2v) is 6.12. The van der Waals surface area contributed by atoms with E-state index < -0.39 is 0 Å². The van der Waals surface area contributed by atoms with E-state index in [0.29, 0.717) is 5.56 Å². The molecule has 1 aliphatic carbocycles. The van der Waals surface area contributed by atoms with Gasteiger partial charge in [0.05, 0.1) is 11.3 Å². The van der Waals surface area contributed by atoms with Gasteiger partial charge in [-0.2, -0.15) is 10.4 Å². The number of fused-ring (bicyclic) bond motifs is 1. The lowest BCUT2D eigenvalue weighted by Gasteiger charge is -2.16. The summed E-state index contributed by atoms with van der Waals surface area (Å²) in [5.74, 6) is 0. The van der Waals surface area contributed by atoms with E-state index in [1.807, 2.05) is 30.8 Å². The van der Waals surface area contributed by atoms with E-state index in [-0.39, 0.29) is 0 Å². The van der Waals surface area contributed by atoms with E-state index in [1.165, 1.54) is 30.2 Å². The van der Waals surface area contributed by atoms with Crippen LogP contribution in [0.2, 0.25) is 0 Å². The lowest BCUT2D eigenvalue weighted by atomic mass is 9.95. The number of aromatic nitrogens is 3. The third-order valence-electron chi connectivity index (χ3n) is 3.55. The van der Waals surface area contributed by atoms with Crippen molar-refractivity contribution in [1.82, 2.24) is 14.8 Å². The predicted octanol–water partition coefficient (Wildman–Crippen LogP) is 3.03.